The van der Waals surface area contributed by atoms with Gasteiger partial charge in [-0.2, -0.15) is 0 Å². The van der Waals surface area contributed by atoms with Crippen LogP contribution >= 0.6 is 0 Å². The largest absolute Gasteiger partial charge is 0.388 e. The highest BCUT2D eigenvalue weighted by atomic mass is 16.6. The maximum Gasteiger partial charge on any atom is 0.114 e. The molecule has 12 nitrogen and oxygen atoms in total. The fourth-order valence-electron chi connectivity index (χ4n) is 4.38. The number of hydrogen-bond donors (Lipinski definition) is 6. The molecular formula is C18H30O12. The van der Waals surface area contributed by atoms with Crippen molar-refractivity contribution < 1.29 is 59.1 Å². The zero-order chi connectivity index (χ0) is 21.4. The first-order valence-corrected chi connectivity index (χ1v) is 10.1. The van der Waals surface area contributed by atoms with E-state index in [9.17, 15) is 0 Å². The molecule has 6 fully saturated rings. The van der Waals surface area contributed by atoms with Crippen LogP contribution in [0.3, 0.4) is 0 Å². The van der Waals surface area contributed by atoms with Crippen LogP contribution in [0.2, 0.25) is 0 Å². The molecule has 30 heavy (non-hydrogen) atoms. The molecule has 6 heterocycles. The molecule has 0 saturated carbocycles. The van der Waals surface area contributed by atoms with Gasteiger partial charge in [-0.05, 0) is 0 Å². The average molecular weight is 438 g/mol. The normalized spacial score (nSPS) is 53.4. The molecule has 0 spiro atoms. The van der Waals surface area contributed by atoms with Crippen LogP contribution in [0.25, 0.3) is 0 Å². The lowest BCUT2D eigenvalue weighted by Crippen LogP contribution is -2.30. The Hall–Kier alpha value is -0.480. The van der Waals surface area contributed by atoms with Crippen LogP contribution in [0, 0.1) is 0 Å². The molecule has 0 aromatic carbocycles. The molecule has 0 amide bonds. The van der Waals surface area contributed by atoms with Crippen LogP contribution < -0.4 is 0 Å². The lowest BCUT2D eigenvalue weighted by molar-refractivity contribution is 0.00201. The van der Waals surface area contributed by atoms with Gasteiger partial charge in [0, 0.05) is 0 Å². The summed E-state index contributed by atoms with van der Waals surface area (Å²) in [5.74, 6) is 0. The summed E-state index contributed by atoms with van der Waals surface area (Å²) in [5, 5.41) is 54.9. The summed E-state index contributed by atoms with van der Waals surface area (Å²) in [5.41, 5.74) is 0. The van der Waals surface area contributed by atoms with Crippen molar-refractivity contribution in [3.63, 3.8) is 0 Å². The Morgan fingerprint density at radius 3 is 0.567 bits per heavy atom. The molecule has 174 valence electrons. The van der Waals surface area contributed by atoms with E-state index in [2.05, 4.69) is 0 Å². The van der Waals surface area contributed by atoms with E-state index in [4.69, 9.17) is 59.1 Å². The number of aliphatic hydroxyl groups is 6. The molecule has 6 N–H and O–H groups in total. The molecule has 12 heteroatoms. The Morgan fingerprint density at radius 1 is 0.300 bits per heavy atom. The molecule has 6 aliphatic rings. The van der Waals surface area contributed by atoms with E-state index in [-0.39, 0.29) is 76.3 Å². The predicted octanol–water partition coefficient (Wildman–Crippen LogP) is -4.48. The SMILES string of the molecule is O[C@@H]1CO[C@@H]2[C@H]1OC[C@@H]2O.O[C@@H]1CO[C@@H]2[C@H]1OC[C@H]2O.O[C@H]1CO[C@@H]2[C@H]1OC[C@@H]2O. The second kappa shape index (κ2) is 9.57. The van der Waals surface area contributed by atoms with Crippen molar-refractivity contribution in [3.8, 4) is 0 Å². The maximum atomic E-state index is 9.16. The Morgan fingerprint density at radius 2 is 0.433 bits per heavy atom. The van der Waals surface area contributed by atoms with Crippen molar-refractivity contribution in [1.29, 1.82) is 0 Å². The first kappa shape index (κ1) is 22.7. The molecule has 0 unspecified atom stereocenters. The van der Waals surface area contributed by atoms with Crippen molar-refractivity contribution in [2.75, 3.05) is 39.6 Å². The summed E-state index contributed by atoms with van der Waals surface area (Å²) < 4.78 is 30.5. The summed E-state index contributed by atoms with van der Waals surface area (Å²) in [4.78, 5) is 0. The van der Waals surface area contributed by atoms with Crippen LogP contribution in [-0.2, 0) is 28.4 Å². The first-order chi connectivity index (χ1) is 14.4. The molecule has 0 radical (unpaired) electrons. The van der Waals surface area contributed by atoms with E-state index < -0.39 is 36.6 Å². The number of fused-ring (bicyclic) bond motifs is 3. The highest BCUT2D eigenvalue weighted by molar-refractivity contribution is 4.95. The van der Waals surface area contributed by atoms with E-state index in [1.54, 1.807) is 0 Å². The van der Waals surface area contributed by atoms with Crippen LogP contribution in [0.1, 0.15) is 0 Å². The third-order valence-corrected chi connectivity index (χ3v) is 6.00. The standard InChI is InChI=1S/3C6H10O4/c3*7-3-1-9-6-4(8)2-10-5(3)6/h3*3-8H,1-2H2/t3-,4+,5-,6-;3-,4-,5+,6+;3-,4-,5-,6-/m010/s1. The molecule has 6 rings (SSSR count). The van der Waals surface area contributed by atoms with Gasteiger partial charge in [-0.15, -0.1) is 0 Å². The lowest BCUT2D eigenvalue weighted by atomic mass is 10.1. The van der Waals surface area contributed by atoms with E-state index in [0.29, 0.717) is 0 Å². The zero-order valence-corrected chi connectivity index (χ0v) is 16.3. The molecule has 0 aliphatic carbocycles. The zero-order valence-electron chi connectivity index (χ0n) is 16.3. The number of ether oxygens (including phenoxy) is 6. The van der Waals surface area contributed by atoms with Crippen LogP contribution in [0.15, 0.2) is 0 Å². The third-order valence-electron chi connectivity index (χ3n) is 6.00. The minimum Gasteiger partial charge on any atom is -0.388 e. The van der Waals surface area contributed by atoms with Gasteiger partial charge in [0.15, 0.2) is 0 Å². The van der Waals surface area contributed by atoms with Crippen molar-refractivity contribution in [2.24, 2.45) is 0 Å². The van der Waals surface area contributed by atoms with Gasteiger partial charge in [0.25, 0.3) is 0 Å². The minimum absolute atomic E-state index is 0.284. The van der Waals surface area contributed by atoms with Gasteiger partial charge in [0.2, 0.25) is 0 Å². The molecule has 6 aliphatic heterocycles. The summed E-state index contributed by atoms with van der Waals surface area (Å²) in [6.07, 6.45) is -5.10. The Kier molecular flexibility index (Phi) is 7.24. The second-order valence-corrected chi connectivity index (χ2v) is 8.19. The van der Waals surface area contributed by atoms with Crippen LogP contribution in [-0.4, -0.2) is 144 Å². The van der Waals surface area contributed by atoms with Gasteiger partial charge >= 0.3 is 0 Å². The average Bonchev–Trinajstić information content (AvgIpc) is 3.52. The highest BCUT2D eigenvalue weighted by Gasteiger charge is 2.47. The van der Waals surface area contributed by atoms with Gasteiger partial charge in [-0.1, -0.05) is 0 Å². The van der Waals surface area contributed by atoms with E-state index in [0.717, 1.165) is 0 Å². The topological polar surface area (TPSA) is 177 Å². The van der Waals surface area contributed by atoms with Gasteiger partial charge in [0.1, 0.15) is 73.2 Å². The molecule has 0 bridgehead atoms. The van der Waals surface area contributed by atoms with Crippen molar-refractivity contribution >= 4 is 0 Å². The monoisotopic (exact) mass is 438 g/mol. The van der Waals surface area contributed by atoms with Crippen LogP contribution in [0.5, 0.6) is 0 Å². The van der Waals surface area contributed by atoms with Crippen molar-refractivity contribution in [3.05, 3.63) is 0 Å². The number of hydrogen-bond acceptors (Lipinski definition) is 12. The molecule has 12 atom stereocenters. The van der Waals surface area contributed by atoms with Gasteiger partial charge in [0.05, 0.1) is 39.6 Å². The lowest BCUT2D eigenvalue weighted by Gasteiger charge is -2.09. The van der Waals surface area contributed by atoms with Gasteiger partial charge in [-0.3, -0.25) is 0 Å². The molecular weight excluding hydrogens is 408 g/mol. The molecule has 0 aromatic heterocycles. The third kappa shape index (κ3) is 4.51. The Bertz CT molecular complexity index is 441. The summed E-state index contributed by atoms with van der Waals surface area (Å²) in [6.45, 7) is 1.70. The van der Waals surface area contributed by atoms with E-state index in [1.807, 2.05) is 0 Å². The Labute approximate surface area is 172 Å². The highest BCUT2D eigenvalue weighted by Crippen LogP contribution is 2.28. The van der Waals surface area contributed by atoms with Gasteiger partial charge < -0.3 is 59.1 Å². The fraction of sp³-hybridized carbons (Fsp3) is 1.00. The smallest absolute Gasteiger partial charge is 0.114 e. The van der Waals surface area contributed by atoms with Gasteiger partial charge in [-0.25, -0.2) is 0 Å². The number of aliphatic hydroxyl groups excluding tert-OH is 6. The molecule has 0 aromatic rings. The van der Waals surface area contributed by atoms with E-state index >= 15 is 0 Å². The summed E-state index contributed by atoms with van der Waals surface area (Å²) in [6, 6.07) is 0. The first-order valence-electron chi connectivity index (χ1n) is 10.1. The summed E-state index contributed by atoms with van der Waals surface area (Å²) >= 11 is 0. The molecule has 6 saturated heterocycles. The predicted molar refractivity (Wildman–Crippen MR) is 94.5 cm³/mol. The fourth-order valence-corrected chi connectivity index (χ4v) is 4.38. The quantitative estimate of drug-likeness (QED) is 0.214. The second-order valence-electron chi connectivity index (χ2n) is 8.19. The van der Waals surface area contributed by atoms with Crippen LogP contribution in [0.4, 0.5) is 0 Å². The minimum atomic E-state index is -0.554. The van der Waals surface area contributed by atoms with E-state index in [1.165, 1.54) is 0 Å². The number of rotatable bonds is 0. The van der Waals surface area contributed by atoms with Crippen molar-refractivity contribution in [1.82, 2.24) is 0 Å². The maximum absolute atomic E-state index is 9.16. The summed E-state index contributed by atoms with van der Waals surface area (Å²) in [7, 11) is 0. The Balaban J connectivity index is 0.000000109. The van der Waals surface area contributed by atoms with Crippen molar-refractivity contribution in [2.45, 2.75) is 73.2 Å².